The van der Waals surface area contributed by atoms with Crippen LogP contribution in [0.25, 0.3) is 0 Å². The van der Waals surface area contributed by atoms with Crippen molar-refractivity contribution in [2.75, 3.05) is 24.2 Å². The van der Waals surface area contributed by atoms with Gasteiger partial charge in [-0.25, -0.2) is 8.78 Å². The van der Waals surface area contributed by atoms with Crippen molar-refractivity contribution in [2.45, 2.75) is 45.4 Å². The second-order valence-corrected chi connectivity index (χ2v) is 8.88. The topological polar surface area (TPSA) is 18.5 Å². The Balaban J connectivity index is 1.89. The summed E-state index contributed by atoms with van der Waals surface area (Å²) in [5, 5.41) is 0. The van der Waals surface area contributed by atoms with E-state index in [-0.39, 0.29) is 30.0 Å². The average Bonchev–Trinajstić information content (AvgIpc) is 2.78. The van der Waals surface area contributed by atoms with E-state index in [1.807, 2.05) is 6.92 Å². The fourth-order valence-electron chi connectivity index (χ4n) is 3.92. The van der Waals surface area contributed by atoms with Crippen molar-refractivity contribution >= 4 is 22.6 Å². The van der Waals surface area contributed by atoms with E-state index in [1.54, 1.807) is 18.2 Å². The van der Waals surface area contributed by atoms with Gasteiger partial charge in [-0.05, 0) is 67.2 Å². The van der Waals surface area contributed by atoms with E-state index in [0.717, 1.165) is 36.5 Å². The molecule has 1 aromatic rings. The van der Waals surface area contributed by atoms with Crippen LogP contribution in [0.1, 0.15) is 44.6 Å². The van der Waals surface area contributed by atoms with Gasteiger partial charge in [0, 0.05) is 4.43 Å². The summed E-state index contributed by atoms with van der Waals surface area (Å²) >= 11 is 2.21. The summed E-state index contributed by atoms with van der Waals surface area (Å²) in [5.74, 6) is -1.67. The lowest BCUT2D eigenvalue weighted by Gasteiger charge is -2.29. The van der Waals surface area contributed by atoms with Crippen molar-refractivity contribution in [2.24, 2.45) is 11.8 Å². The molecule has 0 heterocycles. The predicted octanol–water partition coefficient (Wildman–Crippen LogP) is 7.52. The van der Waals surface area contributed by atoms with Gasteiger partial charge in [0.1, 0.15) is 5.83 Å². The third-order valence-electron chi connectivity index (χ3n) is 5.58. The fraction of sp³-hybridized carbons (Fsp3) is 0.520. The van der Waals surface area contributed by atoms with E-state index < -0.39 is 11.6 Å². The minimum absolute atomic E-state index is 0.0350. The molecule has 0 aromatic heterocycles. The minimum Gasteiger partial charge on any atom is -0.490 e. The molecule has 0 bridgehead atoms. The molecule has 0 aliphatic heterocycles. The molecule has 0 saturated heterocycles. The number of hydrogen-bond donors (Lipinski definition) is 0. The zero-order chi connectivity index (χ0) is 22.6. The first-order valence-electron chi connectivity index (χ1n) is 10.9. The Kier molecular flexibility index (Phi) is 11.7. The van der Waals surface area contributed by atoms with Gasteiger partial charge in [0.25, 0.3) is 0 Å². The monoisotopic (exact) mass is 548 g/mol. The number of benzene rings is 1. The van der Waals surface area contributed by atoms with Gasteiger partial charge in [0.2, 0.25) is 5.82 Å². The lowest BCUT2D eigenvalue weighted by molar-refractivity contribution is 0.179. The Morgan fingerprint density at radius 2 is 1.94 bits per heavy atom. The maximum absolute atomic E-state index is 14.7. The predicted molar refractivity (Wildman–Crippen MR) is 128 cm³/mol. The highest BCUT2D eigenvalue weighted by molar-refractivity contribution is 14.1. The molecule has 1 aliphatic rings. The molecule has 0 atom stereocenters. The molecule has 1 saturated carbocycles. The SMILES string of the molecule is C=C/C=C(\C(F)=C/COCCI)C1CCC(COc2ccc(CCC)c(F)c2F)CC1. The van der Waals surface area contributed by atoms with Crippen LogP contribution in [0.3, 0.4) is 0 Å². The van der Waals surface area contributed by atoms with Gasteiger partial charge < -0.3 is 9.47 Å². The molecular weight excluding hydrogens is 516 g/mol. The van der Waals surface area contributed by atoms with Crippen LogP contribution < -0.4 is 4.74 Å². The summed E-state index contributed by atoms with van der Waals surface area (Å²) in [4.78, 5) is 0. The van der Waals surface area contributed by atoms with Crippen molar-refractivity contribution < 1.29 is 22.6 Å². The molecule has 2 nitrogen and oxygen atoms in total. The highest BCUT2D eigenvalue weighted by Gasteiger charge is 2.26. The van der Waals surface area contributed by atoms with Gasteiger partial charge in [0.15, 0.2) is 11.6 Å². The zero-order valence-corrected chi connectivity index (χ0v) is 20.3. The van der Waals surface area contributed by atoms with E-state index in [9.17, 15) is 13.2 Å². The number of aryl methyl sites for hydroxylation is 1. The van der Waals surface area contributed by atoms with Crippen molar-refractivity contribution in [3.8, 4) is 5.75 Å². The third kappa shape index (κ3) is 7.97. The van der Waals surface area contributed by atoms with Crippen LogP contribution in [0, 0.1) is 23.5 Å². The molecule has 172 valence electrons. The molecule has 0 N–H and O–H groups in total. The number of hydrogen-bond acceptors (Lipinski definition) is 2. The molecule has 0 amide bonds. The van der Waals surface area contributed by atoms with Gasteiger partial charge in [-0.1, -0.05) is 60.7 Å². The summed E-state index contributed by atoms with van der Waals surface area (Å²) < 4.78 is 54.9. The summed E-state index contributed by atoms with van der Waals surface area (Å²) in [6, 6.07) is 3.11. The highest BCUT2D eigenvalue weighted by atomic mass is 127. The van der Waals surface area contributed by atoms with Crippen molar-refractivity contribution in [1.82, 2.24) is 0 Å². The first kappa shape index (κ1) is 26.0. The van der Waals surface area contributed by atoms with E-state index in [2.05, 4.69) is 29.2 Å². The van der Waals surface area contributed by atoms with Crippen LogP contribution >= 0.6 is 22.6 Å². The standard InChI is InChI=1S/C25H32F3IO2/c1-3-5-20-11-12-23(25(28)24(20)27)31-17-18-7-9-19(10-8-18)21(6-4-2)22(26)13-15-30-16-14-29/h4,6,11-13,18-19H,2-3,5,7-10,14-17H2,1H3/b21-6-,22-13+. The number of alkyl halides is 1. The first-order valence-corrected chi connectivity index (χ1v) is 12.5. The maximum Gasteiger partial charge on any atom is 0.200 e. The highest BCUT2D eigenvalue weighted by Crippen LogP contribution is 2.37. The lowest BCUT2D eigenvalue weighted by Crippen LogP contribution is -2.21. The fourth-order valence-corrected chi connectivity index (χ4v) is 4.23. The van der Waals surface area contributed by atoms with Crippen LogP contribution in [0.2, 0.25) is 0 Å². The zero-order valence-electron chi connectivity index (χ0n) is 18.1. The Hall–Kier alpha value is -1.28. The number of halogens is 4. The Labute approximate surface area is 197 Å². The van der Waals surface area contributed by atoms with E-state index >= 15 is 0 Å². The molecule has 1 aliphatic carbocycles. The van der Waals surface area contributed by atoms with Gasteiger partial charge >= 0.3 is 0 Å². The van der Waals surface area contributed by atoms with Gasteiger partial charge in [-0.2, -0.15) is 4.39 Å². The van der Waals surface area contributed by atoms with E-state index in [4.69, 9.17) is 9.47 Å². The molecule has 0 unspecified atom stereocenters. The first-order chi connectivity index (χ1) is 15.0. The third-order valence-corrected chi connectivity index (χ3v) is 6.02. The maximum atomic E-state index is 14.7. The molecule has 0 radical (unpaired) electrons. The van der Waals surface area contributed by atoms with Crippen LogP contribution in [-0.2, 0) is 11.2 Å². The molecule has 6 heteroatoms. The van der Waals surface area contributed by atoms with Gasteiger partial charge in [-0.15, -0.1) is 0 Å². The summed E-state index contributed by atoms with van der Waals surface area (Å²) in [5.41, 5.74) is 1.04. The molecule has 1 fully saturated rings. The average molecular weight is 548 g/mol. The number of allylic oxidation sites excluding steroid dienone is 4. The normalized spacial score (nSPS) is 20.0. The Morgan fingerprint density at radius 1 is 1.19 bits per heavy atom. The molecule has 0 spiro atoms. The largest absolute Gasteiger partial charge is 0.490 e. The van der Waals surface area contributed by atoms with Crippen LogP contribution in [0.5, 0.6) is 5.75 Å². The van der Waals surface area contributed by atoms with Crippen LogP contribution in [-0.4, -0.2) is 24.2 Å². The summed E-state index contributed by atoms with van der Waals surface area (Å²) in [6.07, 6.45) is 9.41. The van der Waals surface area contributed by atoms with Crippen molar-refractivity contribution in [3.05, 3.63) is 65.5 Å². The van der Waals surface area contributed by atoms with E-state index in [0.29, 0.717) is 30.8 Å². The summed E-state index contributed by atoms with van der Waals surface area (Å²) in [6.45, 7) is 6.82. The molecular formula is C25H32F3IO2. The quantitative estimate of drug-likeness (QED) is 0.116. The van der Waals surface area contributed by atoms with Crippen LogP contribution in [0.4, 0.5) is 13.2 Å². The van der Waals surface area contributed by atoms with E-state index in [1.165, 1.54) is 12.1 Å². The second-order valence-electron chi connectivity index (χ2n) is 7.80. The molecule has 31 heavy (non-hydrogen) atoms. The van der Waals surface area contributed by atoms with Crippen molar-refractivity contribution in [3.63, 3.8) is 0 Å². The lowest BCUT2D eigenvalue weighted by atomic mass is 9.78. The van der Waals surface area contributed by atoms with Crippen LogP contribution in [0.15, 0.2) is 48.3 Å². The van der Waals surface area contributed by atoms with Gasteiger partial charge in [0.05, 0.1) is 19.8 Å². The molecule has 1 aromatic carbocycles. The van der Waals surface area contributed by atoms with Crippen molar-refractivity contribution in [1.29, 1.82) is 0 Å². The second kappa shape index (κ2) is 14.0. The number of rotatable bonds is 12. The van der Waals surface area contributed by atoms with Gasteiger partial charge in [-0.3, -0.25) is 0 Å². The summed E-state index contributed by atoms with van der Waals surface area (Å²) in [7, 11) is 0. The minimum atomic E-state index is -0.909. The molecule has 2 rings (SSSR count). The smallest absolute Gasteiger partial charge is 0.200 e. The number of ether oxygens (including phenoxy) is 2. The Morgan fingerprint density at radius 3 is 2.58 bits per heavy atom. The Bertz CT molecular complexity index is 768.